The first kappa shape index (κ1) is 21.2. The number of nitrogens with one attached hydrogen (secondary N) is 1. The molecule has 1 aromatic heterocycles. The van der Waals surface area contributed by atoms with Gasteiger partial charge in [-0.25, -0.2) is 4.98 Å². The molecule has 1 N–H and O–H groups in total. The number of H-pyrrole nitrogens is 1. The van der Waals surface area contributed by atoms with Crippen LogP contribution in [-0.4, -0.2) is 39.2 Å². The average Bonchev–Trinajstić information content (AvgIpc) is 2.75. The van der Waals surface area contributed by atoms with E-state index >= 15 is 0 Å². The Balaban J connectivity index is 1.74. The third-order valence-electron chi connectivity index (χ3n) is 5.05. The van der Waals surface area contributed by atoms with Gasteiger partial charge < -0.3 is 14.6 Å². The van der Waals surface area contributed by atoms with Crippen molar-refractivity contribution in [1.82, 2.24) is 14.9 Å². The van der Waals surface area contributed by atoms with E-state index in [2.05, 4.69) is 9.97 Å². The Morgan fingerprint density at radius 3 is 2.50 bits per heavy atom. The quantitative estimate of drug-likeness (QED) is 0.578. The molecule has 0 saturated heterocycles. The SMILES string of the molecule is CCC(C)N(Cc1nc2ccccc2c(=O)[nH]1)C(=O)COc1ccc(C(C)=O)cc1. The molecule has 1 atom stereocenters. The van der Waals surface area contributed by atoms with Gasteiger partial charge in [-0.3, -0.25) is 14.4 Å². The van der Waals surface area contributed by atoms with Crippen molar-refractivity contribution >= 4 is 22.6 Å². The summed E-state index contributed by atoms with van der Waals surface area (Å²) in [6.07, 6.45) is 0.747. The van der Waals surface area contributed by atoms with E-state index in [4.69, 9.17) is 4.74 Å². The van der Waals surface area contributed by atoms with Crippen molar-refractivity contribution in [2.24, 2.45) is 0 Å². The summed E-state index contributed by atoms with van der Waals surface area (Å²) >= 11 is 0. The molecule has 0 aliphatic rings. The van der Waals surface area contributed by atoms with Gasteiger partial charge >= 0.3 is 0 Å². The molecule has 3 aromatic rings. The molecule has 30 heavy (non-hydrogen) atoms. The maximum atomic E-state index is 12.9. The Bertz CT molecular complexity index is 1110. The number of aromatic nitrogens is 2. The number of ketones is 1. The summed E-state index contributed by atoms with van der Waals surface area (Å²) < 4.78 is 5.61. The molecule has 156 valence electrons. The normalized spacial score (nSPS) is 11.8. The first-order valence-electron chi connectivity index (χ1n) is 9.90. The second-order valence-corrected chi connectivity index (χ2v) is 7.18. The van der Waals surface area contributed by atoms with Crippen molar-refractivity contribution < 1.29 is 14.3 Å². The molecule has 0 radical (unpaired) electrons. The lowest BCUT2D eigenvalue weighted by atomic mass is 10.1. The van der Waals surface area contributed by atoms with Crippen molar-refractivity contribution in [3.8, 4) is 5.75 Å². The van der Waals surface area contributed by atoms with Gasteiger partial charge in [-0.2, -0.15) is 0 Å². The monoisotopic (exact) mass is 407 g/mol. The van der Waals surface area contributed by atoms with E-state index in [1.54, 1.807) is 47.4 Å². The van der Waals surface area contributed by atoms with Crippen molar-refractivity contribution in [2.45, 2.75) is 39.8 Å². The molecule has 3 rings (SSSR count). The van der Waals surface area contributed by atoms with Gasteiger partial charge in [0.2, 0.25) is 0 Å². The molecule has 0 bridgehead atoms. The van der Waals surface area contributed by atoms with E-state index in [0.29, 0.717) is 28.0 Å². The largest absolute Gasteiger partial charge is 0.484 e. The first-order chi connectivity index (χ1) is 14.4. The van der Waals surface area contributed by atoms with Gasteiger partial charge in [0, 0.05) is 11.6 Å². The van der Waals surface area contributed by atoms with Gasteiger partial charge in [-0.05, 0) is 56.7 Å². The Labute approximate surface area is 174 Å². The Hall–Kier alpha value is -3.48. The number of hydrogen-bond acceptors (Lipinski definition) is 5. The van der Waals surface area contributed by atoms with Crippen molar-refractivity contribution in [2.75, 3.05) is 6.61 Å². The van der Waals surface area contributed by atoms with Crippen LogP contribution in [0.2, 0.25) is 0 Å². The molecule has 1 amide bonds. The fourth-order valence-corrected chi connectivity index (χ4v) is 3.10. The zero-order valence-electron chi connectivity index (χ0n) is 17.3. The van der Waals surface area contributed by atoms with Crippen LogP contribution >= 0.6 is 0 Å². The molecule has 1 heterocycles. The van der Waals surface area contributed by atoms with Gasteiger partial charge in [-0.15, -0.1) is 0 Å². The number of Topliss-reactive ketones (excluding diaryl/α,β-unsaturated/α-hetero) is 1. The van der Waals surface area contributed by atoms with Gasteiger partial charge in [0.05, 0.1) is 17.4 Å². The average molecular weight is 407 g/mol. The maximum absolute atomic E-state index is 12.9. The third kappa shape index (κ3) is 4.92. The van der Waals surface area contributed by atoms with Crippen LogP contribution in [0.3, 0.4) is 0 Å². The van der Waals surface area contributed by atoms with Crippen molar-refractivity contribution in [1.29, 1.82) is 0 Å². The number of benzene rings is 2. The lowest BCUT2D eigenvalue weighted by Crippen LogP contribution is -2.41. The van der Waals surface area contributed by atoms with E-state index in [0.717, 1.165) is 6.42 Å². The number of rotatable bonds is 8. The van der Waals surface area contributed by atoms with Crippen LogP contribution in [0, 0.1) is 0 Å². The van der Waals surface area contributed by atoms with Crippen molar-refractivity contribution in [3.05, 3.63) is 70.3 Å². The van der Waals surface area contributed by atoms with Crippen LogP contribution in [0.1, 0.15) is 43.4 Å². The molecule has 7 nitrogen and oxygen atoms in total. The molecular weight excluding hydrogens is 382 g/mol. The highest BCUT2D eigenvalue weighted by atomic mass is 16.5. The molecule has 0 fully saturated rings. The lowest BCUT2D eigenvalue weighted by molar-refractivity contribution is -0.136. The highest BCUT2D eigenvalue weighted by Gasteiger charge is 2.21. The summed E-state index contributed by atoms with van der Waals surface area (Å²) in [5, 5.41) is 0.514. The number of aromatic amines is 1. The van der Waals surface area contributed by atoms with Crippen LogP contribution in [0.15, 0.2) is 53.3 Å². The first-order valence-corrected chi connectivity index (χ1v) is 9.90. The fraction of sp³-hybridized carbons (Fsp3) is 0.304. The van der Waals surface area contributed by atoms with Crippen LogP contribution in [-0.2, 0) is 11.3 Å². The standard InChI is InChI=1S/C23H25N3O4/c1-4-15(2)26(13-21-24-20-8-6-5-7-19(20)23(29)25-21)22(28)14-30-18-11-9-17(10-12-18)16(3)27/h5-12,15H,4,13-14H2,1-3H3,(H,24,25,29). The number of ether oxygens (including phenoxy) is 1. The van der Waals surface area contributed by atoms with Crippen LogP contribution in [0.5, 0.6) is 5.75 Å². The second kappa shape index (κ2) is 9.35. The number of carbonyl (C=O) groups excluding carboxylic acids is 2. The van der Waals surface area contributed by atoms with E-state index < -0.39 is 0 Å². The zero-order chi connectivity index (χ0) is 21.7. The molecule has 0 aliphatic heterocycles. The van der Waals surface area contributed by atoms with E-state index in [-0.39, 0.29) is 36.4 Å². The minimum absolute atomic E-state index is 0.0301. The van der Waals surface area contributed by atoms with Gasteiger partial charge in [-0.1, -0.05) is 19.1 Å². The third-order valence-corrected chi connectivity index (χ3v) is 5.05. The van der Waals surface area contributed by atoms with Crippen molar-refractivity contribution in [3.63, 3.8) is 0 Å². The van der Waals surface area contributed by atoms with Crippen LogP contribution < -0.4 is 10.3 Å². The molecule has 7 heteroatoms. The number of nitrogens with zero attached hydrogens (tertiary/aromatic N) is 2. The predicted octanol–water partition coefficient (Wildman–Crippen LogP) is 3.33. The van der Waals surface area contributed by atoms with Crippen LogP contribution in [0.25, 0.3) is 10.9 Å². The summed E-state index contributed by atoms with van der Waals surface area (Å²) in [6, 6.07) is 13.7. The summed E-state index contributed by atoms with van der Waals surface area (Å²) in [5.41, 5.74) is 0.949. The Morgan fingerprint density at radius 1 is 1.13 bits per heavy atom. The highest BCUT2D eigenvalue weighted by molar-refractivity contribution is 5.94. The molecular formula is C23H25N3O4. The predicted molar refractivity (Wildman–Crippen MR) is 115 cm³/mol. The minimum atomic E-state index is -0.228. The fourth-order valence-electron chi connectivity index (χ4n) is 3.10. The highest BCUT2D eigenvalue weighted by Crippen LogP contribution is 2.15. The summed E-state index contributed by atoms with van der Waals surface area (Å²) in [7, 11) is 0. The lowest BCUT2D eigenvalue weighted by Gasteiger charge is -2.28. The van der Waals surface area contributed by atoms with E-state index in [9.17, 15) is 14.4 Å². The smallest absolute Gasteiger partial charge is 0.261 e. The maximum Gasteiger partial charge on any atom is 0.261 e. The molecule has 0 aliphatic carbocycles. The summed E-state index contributed by atoms with van der Waals surface area (Å²) in [5.74, 6) is 0.695. The molecule has 0 saturated carbocycles. The summed E-state index contributed by atoms with van der Waals surface area (Å²) in [4.78, 5) is 45.5. The van der Waals surface area contributed by atoms with Gasteiger partial charge in [0.1, 0.15) is 11.6 Å². The minimum Gasteiger partial charge on any atom is -0.484 e. The summed E-state index contributed by atoms with van der Waals surface area (Å²) in [6.45, 7) is 5.46. The Morgan fingerprint density at radius 2 is 1.83 bits per heavy atom. The zero-order valence-corrected chi connectivity index (χ0v) is 17.3. The second-order valence-electron chi connectivity index (χ2n) is 7.18. The Kier molecular flexibility index (Phi) is 6.61. The van der Waals surface area contributed by atoms with Gasteiger partial charge in [0.15, 0.2) is 12.4 Å². The van der Waals surface area contributed by atoms with Gasteiger partial charge in [0.25, 0.3) is 11.5 Å². The number of carbonyl (C=O) groups is 2. The number of para-hydroxylation sites is 1. The molecule has 0 spiro atoms. The molecule has 2 aromatic carbocycles. The number of fused-ring (bicyclic) bond motifs is 1. The van der Waals surface area contributed by atoms with Crippen LogP contribution in [0.4, 0.5) is 0 Å². The number of amides is 1. The molecule has 1 unspecified atom stereocenters. The number of hydrogen-bond donors (Lipinski definition) is 1. The topological polar surface area (TPSA) is 92.4 Å². The van der Waals surface area contributed by atoms with E-state index in [1.807, 2.05) is 19.9 Å². The van der Waals surface area contributed by atoms with E-state index in [1.165, 1.54) is 6.92 Å².